The van der Waals surface area contributed by atoms with Crippen LogP contribution in [-0.4, -0.2) is 18.0 Å². The molecule has 0 aliphatic rings. The van der Waals surface area contributed by atoms with Crippen molar-refractivity contribution >= 4 is 43.5 Å². The average Bonchev–Trinajstić information content (AvgIpc) is 2.43. The van der Waals surface area contributed by atoms with Crippen LogP contribution in [0.5, 0.6) is 5.88 Å². The lowest BCUT2D eigenvalue weighted by Crippen LogP contribution is -2.12. The third-order valence-electron chi connectivity index (χ3n) is 2.37. The highest BCUT2D eigenvalue weighted by molar-refractivity contribution is 9.11. The number of hydrogen-bond acceptors (Lipinski definition) is 3. The van der Waals surface area contributed by atoms with E-state index in [0.29, 0.717) is 26.2 Å². The standard InChI is InChI=1S/C13H10Br2N2O2/c1-19-13-9(14)7-10(11(15)17-13)16-12(18)8-5-3-2-4-6-8/h2-7H,1H3,(H,16,18). The highest BCUT2D eigenvalue weighted by Crippen LogP contribution is 2.31. The summed E-state index contributed by atoms with van der Waals surface area (Å²) in [6.07, 6.45) is 0. The molecule has 0 bridgehead atoms. The molecule has 98 valence electrons. The second-order valence-electron chi connectivity index (χ2n) is 3.64. The van der Waals surface area contributed by atoms with Crippen LogP contribution in [0.4, 0.5) is 5.69 Å². The Morgan fingerprint density at radius 1 is 1.26 bits per heavy atom. The Morgan fingerprint density at radius 3 is 2.58 bits per heavy atom. The van der Waals surface area contributed by atoms with Crippen LogP contribution in [0.1, 0.15) is 10.4 Å². The van der Waals surface area contributed by atoms with E-state index in [2.05, 4.69) is 42.2 Å². The molecule has 0 saturated carbocycles. The number of carbonyl (C=O) groups excluding carboxylic acids is 1. The van der Waals surface area contributed by atoms with Crippen molar-refractivity contribution in [3.05, 3.63) is 51.0 Å². The smallest absolute Gasteiger partial charge is 0.255 e. The maximum absolute atomic E-state index is 12.0. The van der Waals surface area contributed by atoms with Gasteiger partial charge in [0, 0.05) is 5.56 Å². The highest BCUT2D eigenvalue weighted by atomic mass is 79.9. The molecule has 1 N–H and O–H groups in total. The molecule has 4 nitrogen and oxygen atoms in total. The van der Waals surface area contributed by atoms with Gasteiger partial charge in [-0.2, -0.15) is 0 Å². The van der Waals surface area contributed by atoms with Crippen molar-refractivity contribution in [1.29, 1.82) is 0 Å². The van der Waals surface area contributed by atoms with Crippen LogP contribution in [0.15, 0.2) is 45.5 Å². The summed E-state index contributed by atoms with van der Waals surface area (Å²) < 4.78 is 6.25. The number of amides is 1. The molecule has 1 heterocycles. The Morgan fingerprint density at radius 2 is 1.95 bits per heavy atom. The fourth-order valence-corrected chi connectivity index (χ4v) is 2.32. The number of halogens is 2. The van der Waals surface area contributed by atoms with Gasteiger partial charge in [0.2, 0.25) is 5.88 Å². The number of methoxy groups -OCH3 is 1. The van der Waals surface area contributed by atoms with E-state index in [1.165, 1.54) is 7.11 Å². The Kier molecular flexibility index (Phi) is 4.55. The Bertz CT molecular complexity index is 603. The van der Waals surface area contributed by atoms with E-state index in [4.69, 9.17) is 4.74 Å². The van der Waals surface area contributed by atoms with Crippen molar-refractivity contribution in [3.8, 4) is 5.88 Å². The van der Waals surface area contributed by atoms with Gasteiger partial charge in [-0.15, -0.1) is 0 Å². The number of benzene rings is 1. The van der Waals surface area contributed by atoms with Gasteiger partial charge in [0.1, 0.15) is 4.60 Å². The molecule has 0 aliphatic carbocycles. The molecule has 19 heavy (non-hydrogen) atoms. The molecule has 0 atom stereocenters. The fourth-order valence-electron chi connectivity index (χ4n) is 1.47. The first kappa shape index (κ1) is 14.0. The molecule has 1 amide bonds. The zero-order chi connectivity index (χ0) is 13.8. The average molecular weight is 386 g/mol. The van der Waals surface area contributed by atoms with Gasteiger partial charge in [0.15, 0.2) is 0 Å². The van der Waals surface area contributed by atoms with Crippen LogP contribution < -0.4 is 10.1 Å². The molecule has 2 aromatic rings. The largest absolute Gasteiger partial charge is 0.480 e. The number of rotatable bonds is 3. The van der Waals surface area contributed by atoms with E-state index in [-0.39, 0.29) is 5.91 Å². The van der Waals surface area contributed by atoms with E-state index >= 15 is 0 Å². The molecule has 0 fully saturated rings. The Hall–Kier alpha value is -1.40. The van der Waals surface area contributed by atoms with Crippen LogP contribution in [0.25, 0.3) is 0 Å². The van der Waals surface area contributed by atoms with Crippen molar-refractivity contribution in [2.75, 3.05) is 12.4 Å². The quantitative estimate of drug-likeness (QED) is 0.816. The lowest BCUT2D eigenvalue weighted by Gasteiger charge is -2.09. The lowest BCUT2D eigenvalue weighted by molar-refractivity contribution is 0.102. The van der Waals surface area contributed by atoms with Gasteiger partial charge < -0.3 is 10.1 Å². The summed E-state index contributed by atoms with van der Waals surface area (Å²) in [5, 5.41) is 2.78. The maximum atomic E-state index is 12.0. The SMILES string of the molecule is COc1nc(Br)c(NC(=O)c2ccccc2)cc1Br. The van der Waals surface area contributed by atoms with Crippen LogP contribution in [0.2, 0.25) is 0 Å². The summed E-state index contributed by atoms with van der Waals surface area (Å²) in [5.41, 5.74) is 1.16. The predicted octanol–water partition coefficient (Wildman–Crippen LogP) is 3.87. The number of ether oxygens (including phenoxy) is 1. The number of nitrogens with one attached hydrogen (secondary N) is 1. The minimum atomic E-state index is -0.194. The number of nitrogens with zero attached hydrogens (tertiary/aromatic N) is 1. The lowest BCUT2D eigenvalue weighted by atomic mass is 10.2. The molecule has 1 aromatic heterocycles. The first-order chi connectivity index (χ1) is 9.11. The van der Waals surface area contributed by atoms with Crippen LogP contribution in [0.3, 0.4) is 0 Å². The van der Waals surface area contributed by atoms with Crippen molar-refractivity contribution in [3.63, 3.8) is 0 Å². The van der Waals surface area contributed by atoms with Gasteiger partial charge in [0.05, 0.1) is 17.3 Å². The Balaban J connectivity index is 2.25. The zero-order valence-electron chi connectivity index (χ0n) is 9.98. The van der Waals surface area contributed by atoms with E-state index in [9.17, 15) is 4.79 Å². The van der Waals surface area contributed by atoms with E-state index in [1.54, 1.807) is 18.2 Å². The first-order valence-electron chi connectivity index (χ1n) is 5.38. The summed E-state index contributed by atoms with van der Waals surface area (Å²) in [6.45, 7) is 0. The molecular weight excluding hydrogens is 376 g/mol. The number of aromatic nitrogens is 1. The predicted molar refractivity (Wildman–Crippen MR) is 80.6 cm³/mol. The van der Waals surface area contributed by atoms with Gasteiger partial charge in [-0.25, -0.2) is 4.98 Å². The summed E-state index contributed by atoms with van der Waals surface area (Å²) in [4.78, 5) is 16.2. The zero-order valence-corrected chi connectivity index (χ0v) is 13.2. The second-order valence-corrected chi connectivity index (χ2v) is 5.24. The molecule has 6 heteroatoms. The molecule has 0 unspecified atom stereocenters. The van der Waals surface area contributed by atoms with E-state index < -0.39 is 0 Å². The summed E-state index contributed by atoms with van der Waals surface area (Å²) in [7, 11) is 1.53. The first-order valence-corrected chi connectivity index (χ1v) is 6.97. The van der Waals surface area contributed by atoms with Crippen LogP contribution >= 0.6 is 31.9 Å². The van der Waals surface area contributed by atoms with Gasteiger partial charge in [-0.3, -0.25) is 4.79 Å². The summed E-state index contributed by atoms with van der Waals surface area (Å²) in [6, 6.07) is 10.7. The molecular formula is C13H10Br2N2O2. The van der Waals surface area contributed by atoms with Gasteiger partial charge >= 0.3 is 0 Å². The molecule has 1 aromatic carbocycles. The minimum absolute atomic E-state index is 0.194. The van der Waals surface area contributed by atoms with E-state index in [1.807, 2.05) is 18.2 Å². The van der Waals surface area contributed by atoms with Crippen LogP contribution in [-0.2, 0) is 0 Å². The molecule has 0 radical (unpaired) electrons. The van der Waals surface area contributed by atoms with Crippen molar-refractivity contribution in [1.82, 2.24) is 4.98 Å². The fraction of sp³-hybridized carbons (Fsp3) is 0.0769. The molecule has 0 spiro atoms. The second kappa shape index (κ2) is 6.16. The summed E-state index contributed by atoms with van der Waals surface area (Å²) in [5.74, 6) is 0.254. The normalized spacial score (nSPS) is 10.1. The number of pyridine rings is 1. The van der Waals surface area contributed by atoms with Crippen molar-refractivity contribution < 1.29 is 9.53 Å². The van der Waals surface area contributed by atoms with Crippen molar-refractivity contribution in [2.24, 2.45) is 0 Å². The van der Waals surface area contributed by atoms with Gasteiger partial charge in [0.25, 0.3) is 5.91 Å². The third kappa shape index (κ3) is 3.33. The molecule has 0 aliphatic heterocycles. The third-order valence-corrected chi connectivity index (χ3v) is 3.55. The summed E-state index contributed by atoms with van der Waals surface area (Å²) >= 11 is 6.62. The molecule has 0 saturated heterocycles. The van der Waals surface area contributed by atoms with E-state index in [0.717, 1.165) is 0 Å². The number of anilines is 1. The number of carbonyl (C=O) groups is 1. The highest BCUT2D eigenvalue weighted by Gasteiger charge is 2.12. The van der Waals surface area contributed by atoms with Gasteiger partial charge in [-0.05, 0) is 50.1 Å². The minimum Gasteiger partial charge on any atom is -0.480 e. The monoisotopic (exact) mass is 384 g/mol. The maximum Gasteiger partial charge on any atom is 0.255 e. The Labute approximate surface area is 127 Å². The number of hydrogen-bond donors (Lipinski definition) is 1. The van der Waals surface area contributed by atoms with Gasteiger partial charge in [-0.1, -0.05) is 18.2 Å². The van der Waals surface area contributed by atoms with Crippen LogP contribution in [0, 0.1) is 0 Å². The molecule has 2 rings (SSSR count). The topological polar surface area (TPSA) is 51.2 Å². The van der Waals surface area contributed by atoms with Crippen molar-refractivity contribution in [2.45, 2.75) is 0 Å².